The summed E-state index contributed by atoms with van der Waals surface area (Å²) in [5.41, 5.74) is 0. The number of aliphatic hydroxyl groups is 17. The molecule has 5 saturated heterocycles. The minimum absolute atomic E-state index is 0.906. The molecular formula is C35H59NO29. The lowest BCUT2D eigenvalue weighted by Crippen LogP contribution is -2.71. The number of hydrogen-bond acceptors (Lipinski definition) is 28. The second-order valence-corrected chi connectivity index (χ2v) is 16.1. The van der Waals surface area contributed by atoms with E-state index in [1.807, 2.05) is 0 Å². The molecule has 0 aromatic carbocycles. The molecule has 0 spiro atoms. The highest BCUT2D eigenvalue weighted by atomic mass is 16.8. The van der Waals surface area contributed by atoms with Crippen molar-refractivity contribution >= 4 is 11.9 Å². The van der Waals surface area contributed by atoms with E-state index in [2.05, 4.69) is 5.32 Å². The average molecular weight is 958 g/mol. The van der Waals surface area contributed by atoms with Crippen LogP contribution < -0.4 is 5.32 Å². The molecule has 30 heteroatoms. The summed E-state index contributed by atoms with van der Waals surface area (Å²) in [7, 11) is 0. The summed E-state index contributed by atoms with van der Waals surface area (Å²) < 4.78 is 50.2. The van der Waals surface area contributed by atoms with Gasteiger partial charge in [-0.05, 0) is 0 Å². The standard InChI is InChI=1S/C35H59NO29/c1-8(42)36-15-26(62-33-24(53)29(20(49)13(6-40)60-33)65-35(34(55)56)2-9(43)16(45)28(64-35)17(46)10(44)3-37)18(47)11(4-38)58-31(15)63-27-19(48)12(5-39)59-32(23(27)52)61-25-14(7-41)57-30(54)22(51)21(25)50/h9-33,37-41,43-54H,2-7H2,1H3,(H,36,42)(H,55,56)/t9-,10+,11+,12+,13+,14+,15+,16+,17+,18+,19-,20-,21+,22+,23+,24+,25+,26+,27-,28+,29-,30+,31-,32-,33-,35-/m0/s1. The SMILES string of the molecule is CC(=O)N[C@H]1[C@H](O[C@H]2[C@@H](O)[C@@H](CO)O[C@@H](O[C@H]3[C@H](O)[C@@H](O)[C@H](O)O[C@@H]3CO)[C@@H]2O)O[C@H](CO)[C@@H](O)[C@@H]1O[C@@H]1O[C@H](CO)[C@H](O)[C@H](O[C@]2(C(=O)O)C[C@H](O)[C@@H](O)[C@H]([C@H](O)[C@H](O)CO)O2)[C@H]1O. The molecule has 5 aliphatic heterocycles. The molecule has 5 fully saturated rings. The van der Waals surface area contributed by atoms with Gasteiger partial charge in [0.05, 0.1) is 39.1 Å². The number of carboxylic acid groups (broad SMARTS) is 1. The molecule has 0 radical (unpaired) electrons. The van der Waals surface area contributed by atoms with Crippen LogP contribution in [0.3, 0.4) is 0 Å². The summed E-state index contributed by atoms with van der Waals surface area (Å²) in [4.78, 5) is 25.4. The van der Waals surface area contributed by atoms with E-state index in [0.29, 0.717) is 0 Å². The maximum absolute atomic E-state index is 12.8. The normalized spacial score (nSPS) is 48.3. The van der Waals surface area contributed by atoms with E-state index < -0.39 is 210 Å². The van der Waals surface area contributed by atoms with Crippen molar-refractivity contribution in [2.75, 3.05) is 33.0 Å². The minimum atomic E-state index is -3.19. The van der Waals surface area contributed by atoms with Crippen molar-refractivity contribution in [3.63, 3.8) is 0 Å². The summed E-state index contributed by atoms with van der Waals surface area (Å²) in [5.74, 6) is -6.18. The largest absolute Gasteiger partial charge is 0.477 e. The Balaban J connectivity index is 1.44. The second kappa shape index (κ2) is 22.5. The number of carbonyl (C=O) groups is 2. The Bertz CT molecular complexity index is 1540. The van der Waals surface area contributed by atoms with Gasteiger partial charge in [-0.15, -0.1) is 0 Å². The fourth-order valence-corrected chi connectivity index (χ4v) is 8.10. The first-order valence-corrected chi connectivity index (χ1v) is 20.2. The highest BCUT2D eigenvalue weighted by Gasteiger charge is 2.61. The number of ether oxygens (including phenoxy) is 9. The van der Waals surface area contributed by atoms with Crippen LogP contribution in [0.4, 0.5) is 0 Å². The number of carboxylic acids is 1. The van der Waals surface area contributed by atoms with Crippen molar-refractivity contribution in [1.29, 1.82) is 0 Å². The third-order valence-electron chi connectivity index (χ3n) is 11.7. The second-order valence-electron chi connectivity index (χ2n) is 16.1. The van der Waals surface area contributed by atoms with E-state index >= 15 is 0 Å². The van der Waals surface area contributed by atoms with Gasteiger partial charge in [-0.1, -0.05) is 0 Å². The van der Waals surface area contributed by atoms with Gasteiger partial charge in [-0.25, -0.2) is 4.79 Å². The summed E-state index contributed by atoms with van der Waals surface area (Å²) >= 11 is 0. The Morgan fingerprint density at radius 2 is 1.08 bits per heavy atom. The first-order valence-electron chi connectivity index (χ1n) is 20.2. The van der Waals surface area contributed by atoms with Gasteiger partial charge in [0.2, 0.25) is 5.91 Å². The van der Waals surface area contributed by atoms with Crippen LogP contribution in [0.5, 0.6) is 0 Å². The predicted molar refractivity (Wildman–Crippen MR) is 195 cm³/mol. The van der Waals surface area contributed by atoms with Crippen LogP contribution in [0.2, 0.25) is 0 Å². The topological polar surface area (TPSA) is 493 Å². The van der Waals surface area contributed by atoms with Crippen LogP contribution in [-0.4, -0.2) is 296 Å². The maximum Gasteiger partial charge on any atom is 0.364 e. The van der Waals surface area contributed by atoms with Crippen molar-refractivity contribution in [2.24, 2.45) is 0 Å². The van der Waals surface area contributed by atoms with E-state index in [4.69, 9.17) is 42.6 Å². The van der Waals surface area contributed by atoms with Crippen molar-refractivity contribution in [1.82, 2.24) is 5.32 Å². The zero-order valence-electron chi connectivity index (χ0n) is 34.2. The third-order valence-corrected chi connectivity index (χ3v) is 11.7. The predicted octanol–water partition coefficient (Wildman–Crippen LogP) is -12.6. The zero-order chi connectivity index (χ0) is 48.4. The number of aliphatic hydroxyl groups excluding tert-OH is 17. The highest BCUT2D eigenvalue weighted by molar-refractivity contribution is 5.76. The van der Waals surface area contributed by atoms with Crippen LogP contribution >= 0.6 is 0 Å². The molecule has 0 unspecified atom stereocenters. The number of aliphatic carboxylic acids is 1. The van der Waals surface area contributed by atoms with Gasteiger partial charge in [-0.3, -0.25) is 4.79 Å². The highest BCUT2D eigenvalue weighted by Crippen LogP contribution is 2.39. The summed E-state index contributed by atoms with van der Waals surface area (Å²) in [6, 6.07) is -1.85. The Morgan fingerprint density at radius 1 is 0.600 bits per heavy atom. The molecule has 0 aliphatic carbocycles. The first-order chi connectivity index (χ1) is 30.6. The van der Waals surface area contributed by atoms with Crippen molar-refractivity contribution in [3.05, 3.63) is 0 Å². The molecule has 0 saturated carbocycles. The Hall–Kier alpha value is -2.10. The molecule has 1 amide bonds. The number of carbonyl (C=O) groups excluding carboxylic acids is 1. The maximum atomic E-state index is 12.8. The van der Waals surface area contributed by atoms with Gasteiger partial charge in [0.1, 0.15) is 122 Å². The molecule has 65 heavy (non-hydrogen) atoms. The lowest BCUT2D eigenvalue weighted by Gasteiger charge is -2.51. The van der Waals surface area contributed by atoms with Crippen molar-refractivity contribution in [3.8, 4) is 0 Å². The van der Waals surface area contributed by atoms with Crippen LogP contribution in [0.25, 0.3) is 0 Å². The molecule has 0 aromatic rings. The van der Waals surface area contributed by atoms with E-state index in [1.165, 1.54) is 0 Å². The van der Waals surface area contributed by atoms with E-state index in [0.717, 1.165) is 6.92 Å². The minimum Gasteiger partial charge on any atom is -0.477 e. The number of nitrogens with one attached hydrogen (secondary N) is 1. The van der Waals surface area contributed by atoms with Crippen LogP contribution in [-0.2, 0) is 52.2 Å². The molecule has 5 rings (SSSR count). The van der Waals surface area contributed by atoms with Gasteiger partial charge < -0.3 is 140 Å². The fraction of sp³-hybridized carbons (Fsp3) is 0.943. The molecule has 19 N–H and O–H groups in total. The van der Waals surface area contributed by atoms with Gasteiger partial charge >= 0.3 is 5.97 Å². The van der Waals surface area contributed by atoms with E-state index in [1.54, 1.807) is 0 Å². The number of hydrogen-bond donors (Lipinski definition) is 19. The fourth-order valence-electron chi connectivity index (χ4n) is 8.10. The van der Waals surface area contributed by atoms with E-state index in [-0.39, 0.29) is 0 Å². The molecule has 5 aliphatic rings. The monoisotopic (exact) mass is 957 g/mol. The quantitative estimate of drug-likeness (QED) is 0.0643. The van der Waals surface area contributed by atoms with Gasteiger partial charge in [-0.2, -0.15) is 0 Å². The zero-order valence-corrected chi connectivity index (χ0v) is 34.2. The Kier molecular flexibility index (Phi) is 18.7. The van der Waals surface area contributed by atoms with Gasteiger partial charge in [0.15, 0.2) is 25.2 Å². The molecule has 378 valence electrons. The molecule has 5 heterocycles. The van der Waals surface area contributed by atoms with Crippen molar-refractivity contribution in [2.45, 2.75) is 172 Å². The Morgan fingerprint density at radius 3 is 1.58 bits per heavy atom. The van der Waals surface area contributed by atoms with Gasteiger partial charge in [0.25, 0.3) is 5.79 Å². The van der Waals surface area contributed by atoms with E-state index in [9.17, 15) is 102 Å². The number of amides is 1. The summed E-state index contributed by atoms with van der Waals surface area (Å²) in [5, 5.41) is 191. The lowest BCUT2D eigenvalue weighted by atomic mass is 9.90. The smallest absolute Gasteiger partial charge is 0.364 e. The van der Waals surface area contributed by atoms with Crippen LogP contribution in [0.15, 0.2) is 0 Å². The van der Waals surface area contributed by atoms with Crippen molar-refractivity contribution < 1.29 is 144 Å². The molecule has 0 bridgehead atoms. The Labute approximate surface area is 366 Å². The van der Waals surface area contributed by atoms with Crippen LogP contribution in [0.1, 0.15) is 13.3 Å². The van der Waals surface area contributed by atoms with Crippen LogP contribution in [0, 0.1) is 0 Å². The first kappa shape index (κ1) is 53.8. The molecular weight excluding hydrogens is 898 g/mol. The summed E-state index contributed by atoms with van der Waals surface area (Å²) in [6.45, 7) is -4.25. The average Bonchev–Trinajstić information content (AvgIpc) is 3.27. The molecule has 30 nitrogen and oxygen atoms in total. The van der Waals surface area contributed by atoms with Gasteiger partial charge in [0, 0.05) is 13.3 Å². The molecule has 26 atom stereocenters. The summed E-state index contributed by atoms with van der Waals surface area (Å²) in [6.07, 6.45) is -49.8. The lowest BCUT2D eigenvalue weighted by molar-refractivity contribution is -0.391. The molecule has 0 aromatic heterocycles. The number of rotatable bonds is 17. The third kappa shape index (κ3) is 11.2.